The molecule has 0 bridgehead atoms. The van der Waals surface area contributed by atoms with Gasteiger partial charge >= 0.3 is 0 Å². The second-order valence-electron chi connectivity index (χ2n) is 3.05. The molecule has 1 unspecified atom stereocenters. The van der Waals surface area contributed by atoms with Crippen LogP contribution in [-0.4, -0.2) is 13.7 Å². The summed E-state index contributed by atoms with van der Waals surface area (Å²) in [6.45, 7) is 0.516. The molecule has 1 aliphatic heterocycles. The zero-order chi connectivity index (χ0) is 9.42. The number of anilines is 1. The fourth-order valence-electron chi connectivity index (χ4n) is 1.46. The maximum atomic E-state index is 5.79. The Kier molecular flexibility index (Phi) is 1.77. The number of nitrogens with two attached hydrogens (primary N) is 2. The van der Waals surface area contributed by atoms with Crippen molar-refractivity contribution in [1.29, 1.82) is 0 Å². The smallest absolute Gasteiger partial charge is 0.145 e. The molecule has 0 fully saturated rings. The molecule has 2 rings (SSSR count). The number of hydrogen-bond donors (Lipinski definition) is 2. The van der Waals surface area contributed by atoms with Gasteiger partial charge in [0.05, 0.1) is 18.8 Å². The van der Waals surface area contributed by atoms with Crippen molar-refractivity contribution in [1.82, 2.24) is 0 Å². The summed E-state index contributed by atoms with van der Waals surface area (Å²) in [5, 5.41) is 0. The average Bonchev–Trinajstić information content (AvgIpc) is 2.47. The van der Waals surface area contributed by atoms with Gasteiger partial charge in [0.25, 0.3) is 0 Å². The van der Waals surface area contributed by atoms with Crippen LogP contribution in [0.5, 0.6) is 11.5 Å². The Bertz CT molecular complexity index is 339. The van der Waals surface area contributed by atoms with Crippen LogP contribution in [0.25, 0.3) is 0 Å². The van der Waals surface area contributed by atoms with Gasteiger partial charge in [0.15, 0.2) is 0 Å². The van der Waals surface area contributed by atoms with Gasteiger partial charge in [-0.3, -0.25) is 0 Å². The van der Waals surface area contributed by atoms with E-state index >= 15 is 0 Å². The molecule has 70 valence electrons. The molecule has 1 heterocycles. The van der Waals surface area contributed by atoms with Crippen molar-refractivity contribution in [3.8, 4) is 11.5 Å². The van der Waals surface area contributed by atoms with Gasteiger partial charge in [-0.05, 0) is 6.07 Å². The monoisotopic (exact) mass is 180 g/mol. The van der Waals surface area contributed by atoms with Gasteiger partial charge in [0.2, 0.25) is 0 Å². The SMILES string of the molecule is COc1cc2c(cc1N)C(N)CO2. The molecule has 0 amide bonds. The van der Waals surface area contributed by atoms with E-state index in [1.165, 1.54) is 0 Å². The Balaban J connectivity index is 2.50. The van der Waals surface area contributed by atoms with Crippen molar-refractivity contribution in [2.24, 2.45) is 5.73 Å². The van der Waals surface area contributed by atoms with Crippen LogP contribution in [0, 0.1) is 0 Å². The summed E-state index contributed by atoms with van der Waals surface area (Å²) >= 11 is 0. The topological polar surface area (TPSA) is 70.5 Å². The molecule has 13 heavy (non-hydrogen) atoms. The minimum Gasteiger partial charge on any atom is -0.494 e. The highest BCUT2D eigenvalue weighted by atomic mass is 16.5. The van der Waals surface area contributed by atoms with E-state index in [1.807, 2.05) is 6.07 Å². The van der Waals surface area contributed by atoms with E-state index in [-0.39, 0.29) is 6.04 Å². The van der Waals surface area contributed by atoms with Crippen molar-refractivity contribution in [2.75, 3.05) is 19.5 Å². The van der Waals surface area contributed by atoms with Gasteiger partial charge in [0, 0.05) is 11.6 Å². The van der Waals surface area contributed by atoms with Gasteiger partial charge in [-0.15, -0.1) is 0 Å². The Hall–Kier alpha value is -1.42. The van der Waals surface area contributed by atoms with E-state index in [9.17, 15) is 0 Å². The maximum Gasteiger partial charge on any atom is 0.145 e. The quantitative estimate of drug-likeness (QED) is 0.623. The van der Waals surface area contributed by atoms with Crippen LogP contribution in [-0.2, 0) is 0 Å². The minimum atomic E-state index is -0.0665. The number of benzene rings is 1. The molecule has 0 spiro atoms. The molecule has 1 aromatic carbocycles. The zero-order valence-corrected chi connectivity index (χ0v) is 7.41. The maximum absolute atomic E-state index is 5.79. The molecule has 1 atom stereocenters. The van der Waals surface area contributed by atoms with E-state index in [0.717, 1.165) is 11.3 Å². The molecule has 0 saturated carbocycles. The van der Waals surface area contributed by atoms with Crippen LogP contribution in [0.15, 0.2) is 12.1 Å². The number of methoxy groups -OCH3 is 1. The molecular formula is C9H12N2O2. The number of nitrogen functional groups attached to an aromatic ring is 1. The molecule has 4 nitrogen and oxygen atoms in total. The Morgan fingerprint density at radius 2 is 2.31 bits per heavy atom. The lowest BCUT2D eigenvalue weighted by atomic mass is 10.1. The van der Waals surface area contributed by atoms with E-state index in [0.29, 0.717) is 18.0 Å². The molecule has 0 radical (unpaired) electrons. The summed E-state index contributed by atoms with van der Waals surface area (Å²) in [5.74, 6) is 1.41. The summed E-state index contributed by atoms with van der Waals surface area (Å²) < 4.78 is 10.4. The zero-order valence-electron chi connectivity index (χ0n) is 7.41. The van der Waals surface area contributed by atoms with Crippen molar-refractivity contribution in [3.05, 3.63) is 17.7 Å². The lowest BCUT2D eigenvalue weighted by molar-refractivity contribution is 0.331. The predicted octanol–water partition coefficient (Wildman–Crippen LogP) is 0.670. The first-order chi connectivity index (χ1) is 6.22. The summed E-state index contributed by atoms with van der Waals surface area (Å²) in [6.07, 6.45) is 0. The normalized spacial score (nSPS) is 19.4. The first kappa shape index (κ1) is 8.19. The molecule has 0 saturated heterocycles. The summed E-state index contributed by atoms with van der Waals surface area (Å²) in [6, 6.07) is 3.52. The first-order valence-corrected chi connectivity index (χ1v) is 4.08. The van der Waals surface area contributed by atoms with E-state index in [4.69, 9.17) is 20.9 Å². The predicted molar refractivity (Wildman–Crippen MR) is 49.8 cm³/mol. The van der Waals surface area contributed by atoms with Crippen LogP contribution in [0.2, 0.25) is 0 Å². The average molecular weight is 180 g/mol. The second kappa shape index (κ2) is 2.81. The molecule has 4 heteroatoms. The lowest BCUT2D eigenvalue weighted by Crippen LogP contribution is -2.10. The van der Waals surface area contributed by atoms with Gasteiger partial charge in [-0.25, -0.2) is 0 Å². The van der Waals surface area contributed by atoms with E-state index in [1.54, 1.807) is 13.2 Å². The third-order valence-electron chi connectivity index (χ3n) is 2.18. The van der Waals surface area contributed by atoms with E-state index < -0.39 is 0 Å². The molecule has 4 N–H and O–H groups in total. The second-order valence-corrected chi connectivity index (χ2v) is 3.05. The molecule has 0 aromatic heterocycles. The summed E-state index contributed by atoms with van der Waals surface area (Å²) in [4.78, 5) is 0. The highest BCUT2D eigenvalue weighted by Crippen LogP contribution is 2.37. The van der Waals surface area contributed by atoms with Crippen molar-refractivity contribution in [3.63, 3.8) is 0 Å². The third kappa shape index (κ3) is 1.19. The van der Waals surface area contributed by atoms with Crippen molar-refractivity contribution < 1.29 is 9.47 Å². The number of rotatable bonds is 1. The number of hydrogen-bond acceptors (Lipinski definition) is 4. The van der Waals surface area contributed by atoms with Gasteiger partial charge < -0.3 is 20.9 Å². The standard InChI is InChI=1S/C9H12N2O2/c1-12-9-3-8-5(2-6(9)10)7(11)4-13-8/h2-3,7H,4,10-11H2,1H3. The number of fused-ring (bicyclic) bond motifs is 1. The molecular weight excluding hydrogens is 168 g/mol. The van der Waals surface area contributed by atoms with Crippen molar-refractivity contribution >= 4 is 5.69 Å². The molecule has 1 aromatic rings. The van der Waals surface area contributed by atoms with Crippen LogP contribution in [0.4, 0.5) is 5.69 Å². The van der Waals surface area contributed by atoms with Crippen LogP contribution >= 0.6 is 0 Å². The fourth-order valence-corrected chi connectivity index (χ4v) is 1.46. The Morgan fingerprint density at radius 3 is 3.00 bits per heavy atom. The van der Waals surface area contributed by atoms with Crippen molar-refractivity contribution in [2.45, 2.75) is 6.04 Å². The minimum absolute atomic E-state index is 0.0665. The van der Waals surface area contributed by atoms with Gasteiger partial charge in [-0.2, -0.15) is 0 Å². The fraction of sp³-hybridized carbons (Fsp3) is 0.333. The summed E-state index contributed by atoms with van der Waals surface area (Å²) in [5.41, 5.74) is 13.1. The lowest BCUT2D eigenvalue weighted by Gasteiger charge is -2.07. The van der Waals surface area contributed by atoms with Crippen LogP contribution < -0.4 is 20.9 Å². The number of ether oxygens (including phenoxy) is 2. The van der Waals surface area contributed by atoms with E-state index in [2.05, 4.69) is 0 Å². The van der Waals surface area contributed by atoms with Gasteiger partial charge in [-0.1, -0.05) is 0 Å². The highest BCUT2D eigenvalue weighted by Gasteiger charge is 2.22. The molecule has 1 aliphatic rings. The molecule has 0 aliphatic carbocycles. The highest BCUT2D eigenvalue weighted by molar-refractivity contribution is 5.60. The summed E-state index contributed by atoms with van der Waals surface area (Å²) in [7, 11) is 1.58. The van der Waals surface area contributed by atoms with Crippen LogP contribution in [0.3, 0.4) is 0 Å². The third-order valence-corrected chi connectivity index (χ3v) is 2.18. The Labute approximate surface area is 76.4 Å². The van der Waals surface area contributed by atoms with Crippen LogP contribution in [0.1, 0.15) is 11.6 Å². The van der Waals surface area contributed by atoms with Gasteiger partial charge in [0.1, 0.15) is 18.1 Å². The Morgan fingerprint density at radius 1 is 1.54 bits per heavy atom. The first-order valence-electron chi connectivity index (χ1n) is 4.08. The largest absolute Gasteiger partial charge is 0.494 e.